The van der Waals surface area contributed by atoms with Crippen LogP contribution in [-0.2, 0) is 0 Å². The fraction of sp³-hybridized carbons (Fsp3) is 0.207. The van der Waals surface area contributed by atoms with E-state index in [0.717, 1.165) is 41.1 Å². The molecule has 3 aromatic carbocycles. The molecule has 0 radical (unpaired) electrons. The average molecular weight is 481 g/mol. The van der Waals surface area contributed by atoms with Gasteiger partial charge in [-0.1, -0.05) is 41.6 Å². The van der Waals surface area contributed by atoms with Gasteiger partial charge >= 0.3 is 0 Å². The van der Waals surface area contributed by atoms with E-state index in [1.807, 2.05) is 55.5 Å². The van der Waals surface area contributed by atoms with E-state index in [1.54, 1.807) is 17.2 Å². The Morgan fingerprint density at radius 1 is 1.11 bits per heavy atom. The van der Waals surface area contributed by atoms with Gasteiger partial charge in [0, 0.05) is 29.1 Å². The summed E-state index contributed by atoms with van der Waals surface area (Å²) in [6.07, 6.45) is 3.45. The second-order valence-corrected chi connectivity index (χ2v) is 9.21. The van der Waals surface area contributed by atoms with Gasteiger partial charge in [0.1, 0.15) is 17.2 Å². The molecule has 36 heavy (non-hydrogen) atoms. The van der Waals surface area contributed by atoms with Gasteiger partial charge < -0.3 is 9.84 Å². The molecule has 1 atom stereocenters. The highest BCUT2D eigenvalue weighted by Crippen LogP contribution is 2.33. The number of aromatic nitrogens is 2. The number of pyridine rings is 1. The fourth-order valence-corrected chi connectivity index (χ4v) is 5.12. The first-order valence-corrected chi connectivity index (χ1v) is 12.1. The molecule has 1 N–H and O–H groups in total. The predicted molar refractivity (Wildman–Crippen MR) is 139 cm³/mol. The molecule has 1 fully saturated rings. The topological polar surface area (TPSA) is 71.3 Å². The van der Waals surface area contributed by atoms with Crippen LogP contribution >= 0.6 is 0 Å². The summed E-state index contributed by atoms with van der Waals surface area (Å²) in [5, 5.41) is 10.1. The van der Waals surface area contributed by atoms with Crippen LogP contribution in [0.3, 0.4) is 0 Å². The number of piperidine rings is 1. The SMILES string of the molecule is Cc1cccc2ccnc(N(C(=O)c3ccc(-c4onc5ccccc45)cc3F)[C@@H]3CCCNC3)c12. The Kier molecular flexibility index (Phi) is 5.70. The molecule has 1 saturated heterocycles. The maximum atomic E-state index is 15.6. The van der Waals surface area contributed by atoms with E-state index < -0.39 is 11.7 Å². The molecule has 0 aliphatic carbocycles. The van der Waals surface area contributed by atoms with Gasteiger partial charge in [0.2, 0.25) is 0 Å². The second-order valence-electron chi connectivity index (χ2n) is 9.21. The highest BCUT2D eigenvalue weighted by atomic mass is 19.1. The van der Waals surface area contributed by atoms with Crippen LogP contribution in [0.25, 0.3) is 33.0 Å². The number of aryl methyl sites for hydroxylation is 1. The van der Waals surface area contributed by atoms with Crippen LogP contribution in [0.1, 0.15) is 28.8 Å². The van der Waals surface area contributed by atoms with Crippen molar-refractivity contribution in [1.29, 1.82) is 0 Å². The van der Waals surface area contributed by atoms with Gasteiger partial charge in [-0.25, -0.2) is 9.37 Å². The molecule has 1 aliphatic heterocycles. The predicted octanol–water partition coefficient (Wildman–Crippen LogP) is 5.89. The van der Waals surface area contributed by atoms with E-state index >= 15 is 4.39 Å². The molecule has 7 heteroatoms. The molecule has 3 heterocycles. The monoisotopic (exact) mass is 480 g/mol. The Labute approximate surface area is 207 Å². The zero-order valence-corrected chi connectivity index (χ0v) is 19.9. The molecular weight excluding hydrogens is 455 g/mol. The number of halogens is 1. The number of nitrogens with zero attached hydrogens (tertiary/aromatic N) is 3. The smallest absolute Gasteiger partial charge is 0.262 e. The number of hydrogen-bond acceptors (Lipinski definition) is 5. The Balaban J connectivity index is 1.45. The number of benzene rings is 3. The van der Waals surface area contributed by atoms with Gasteiger partial charge in [0.15, 0.2) is 5.76 Å². The van der Waals surface area contributed by atoms with Crippen molar-refractivity contribution in [3.8, 4) is 11.3 Å². The summed E-state index contributed by atoms with van der Waals surface area (Å²) < 4.78 is 21.1. The number of hydrogen-bond donors (Lipinski definition) is 1. The summed E-state index contributed by atoms with van der Waals surface area (Å²) in [5.41, 5.74) is 2.25. The van der Waals surface area contributed by atoms with Crippen LogP contribution < -0.4 is 10.2 Å². The Morgan fingerprint density at radius 3 is 2.83 bits per heavy atom. The Hall–Kier alpha value is -4.10. The van der Waals surface area contributed by atoms with Crippen molar-refractivity contribution in [2.45, 2.75) is 25.8 Å². The van der Waals surface area contributed by atoms with Crippen molar-refractivity contribution < 1.29 is 13.7 Å². The largest absolute Gasteiger partial charge is 0.355 e. The van der Waals surface area contributed by atoms with Crippen molar-refractivity contribution in [1.82, 2.24) is 15.5 Å². The number of fused-ring (bicyclic) bond motifs is 2. The summed E-state index contributed by atoms with van der Waals surface area (Å²) >= 11 is 0. The molecular formula is C29H25FN4O2. The summed E-state index contributed by atoms with van der Waals surface area (Å²) in [4.78, 5) is 20.3. The molecule has 180 valence electrons. The lowest BCUT2D eigenvalue weighted by Crippen LogP contribution is -2.49. The molecule has 6 nitrogen and oxygen atoms in total. The van der Waals surface area contributed by atoms with Crippen molar-refractivity contribution in [2.24, 2.45) is 0 Å². The first-order valence-electron chi connectivity index (χ1n) is 12.1. The number of carbonyl (C=O) groups is 1. The molecule has 0 saturated carbocycles. The van der Waals surface area contributed by atoms with E-state index in [-0.39, 0.29) is 11.6 Å². The lowest BCUT2D eigenvalue weighted by atomic mass is 10.0. The number of carbonyl (C=O) groups excluding carboxylic acids is 1. The maximum Gasteiger partial charge on any atom is 0.262 e. The van der Waals surface area contributed by atoms with E-state index in [2.05, 4.69) is 15.5 Å². The zero-order chi connectivity index (χ0) is 24.6. The van der Waals surface area contributed by atoms with Gasteiger partial charge in [0.25, 0.3) is 5.91 Å². The second kappa shape index (κ2) is 9.17. The molecule has 2 aromatic heterocycles. The molecule has 0 unspecified atom stereocenters. The van der Waals surface area contributed by atoms with Crippen LogP contribution in [0.5, 0.6) is 0 Å². The number of nitrogens with one attached hydrogen (secondary N) is 1. The zero-order valence-electron chi connectivity index (χ0n) is 19.9. The van der Waals surface area contributed by atoms with E-state index in [9.17, 15) is 4.79 Å². The van der Waals surface area contributed by atoms with Crippen molar-refractivity contribution >= 4 is 33.4 Å². The summed E-state index contributed by atoms with van der Waals surface area (Å²) in [7, 11) is 0. The van der Waals surface area contributed by atoms with Crippen LogP contribution in [-0.4, -0.2) is 35.2 Å². The third kappa shape index (κ3) is 3.82. The first-order chi connectivity index (χ1) is 17.6. The molecule has 0 spiro atoms. The quantitative estimate of drug-likeness (QED) is 0.347. The minimum absolute atomic E-state index is 0.000492. The normalized spacial score (nSPS) is 15.9. The van der Waals surface area contributed by atoms with E-state index in [1.165, 1.54) is 12.1 Å². The molecule has 6 rings (SSSR count). The van der Waals surface area contributed by atoms with Crippen molar-refractivity contribution in [3.63, 3.8) is 0 Å². The van der Waals surface area contributed by atoms with Gasteiger partial charge in [-0.15, -0.1) is 0 Å². The Bertz CT molecular complexity index is 1580. The van der Waals surface area contributed by atoms with Gasteiger partial charge in [-0.3, -0.25) is 9.69 Å². The highest BCUT2D eigenvalue weighted by Gasteiger charge is 2.32. The van der Waals surface area contributed by atoms with Crippen molar-refractivity contribution in [3.05, 3.63) is 89.9 Å². The number of rotatable bonds is 4. The summed E-state index contributed by atoms with van der Waals surface area (Å²) in [6.45, 7) is 3.53. The third-order valence-electron chi connectivity index (χ3n) is 6.91. The maximum absolute atomic E-state index is 15.6. The fourth-order valence-electron chi connectivity index (χ4n) is 5.12. The van der Waals surface area contributed by atoms with Crippen molar-refractivity contribution in [2.75, 3.05) is 18.0 Å². The Morgan fingerprint density at radius 2 is 2.00 bits per heavy atom. The van der Waals surface area contributed by atoms with Crippen LogP contribution in [0.15, 0.2) is 77.4 Å². The van der Waals surface area contributed by atoms with E-state index in [4.69, 9.17) is 4.52 Å². The molecule has 0 bridgehead atoms. The standard InChI is InChI=1S/C29H25FN4O2/c1-18-6-4-7-19-13-15-32-28(26(18)19)34(21-8-5-14-31-17-21)29(35)22-12-11-20(16-24(22)30)27-23-9-2-3-10-25(23)33-36-27/h2-4,6-7,9-13,15-16,21,31H,5,8,14,17H2,1H3/t21-/m1/s1. The lowest BCUT2D eigenvalue weighted by molar-refractivity contribution is 0.0968. The van der Waals surface area contributed by atoms with Gasteiger partial charge in [-0.2, -0.15) is 0 Å². The van der Waals surface area contributed by atoms with Gasteiger partial charge in [0.05, 0.1) is 11.6 Å². The first kappa shape index (κ1) is 22.4. The lowest BCUT2D eigenvalue weighted by Gasteiger charge is -2.35. The third-order valence-corrected chi connectivity index (χ3v) is 6.91. The highest BCUT2D eigenvalue weighted by molar-refractivity contribution is 6.11. The minimum atomic E-state index is -0.608. The number of amides is 1. The summed E-state index contributed by atoms with van der Waals surface area (Å²) in [6, 6.07) is 19.9. The van der Waals surface area contributed by atoms with E-state index in [0.29, 0.717) is 29.2 Å². The van der Waals surface area contributed by atoms with Crippen LogP contribution in [0, 0.1) is 12.7 Å². The van der Waals surface area contributed by atoms with Gasteiger partial charge in [-0.05, 0) is 67.6 Å². The minimum Gasteiger partial charge on any atom is -0.355 e. The summed E-state index contributed by atoms with van der Waals surface area (Å²) in [5.74, 6) is 0.0272. The average Bonchev–Trinajstić information content (AvgIpc) is 3.34. The van der Waals surface area contributed by atoms with Crippen LogP contribution in [0.2, 0.25) is 0 Å². The molecule has 5 aromatic rings. The number of anilines is 1. The molecule has 1 aliphatic rings. The molecule has 1 amide bonds. The van der Waals surface area contributed by atoms with Crippen LogP contribution in [0.4, 0.5) is 10.2 Å².